The number of amides is 1. The fraction of sp³-hybridized carbons (Fsp3) is 0.235. The van der Waals surface area contributed by atoms with E-state index in [1.165, 1.54) is 13.1 Å². The Morgan fingerprint density at radius 1 is 1.41 bits per heavy atom. The van der Waals surface area contributed by atoms with Crippen LogP contribution in [0.15, 0.2) is 37.1 Å². The molecule has 1 aromatic heterocycles. The van der Waals surface area contributed by atoms with Crippen LogP contribution in [0, 0.1) is 6.92 Å². The lowest BCUT2D eigenvalue weighted by Crippen LogP contribution is -2.17. The van der Waals surface area contributed by atoms with Gasteiger partial charge in [-0.1, -0.05) is 6.08 Å². The average molecular weight is 391 g/mol. The number of primary amides is 1. The van der Waals surface area contributed by atoms with Gasteiger partial charge in [-0.3, -0.25) is 4.79 Å². The molecule has 0 unspecified atom stereocenters. The molecule has 10 heteroatoms. The van der Waals surface area contributed by atoms with Crippen LogP contribution in [0.4, 0.5) is 17.5 Å². The quantitative estimate of drug-likeness (QED) is 0.436. The fourth-order valence-electron chi connectivity index (χ4n) is 2.07. The van der Waals surface area contributed by atoms with E-state index in [0.717, 1.165) is 0 Å². The Morgan fingerprint density at radius 2 is 2.15 bits per heavy atom. The van der Waals surface area contributed by atoms with Gasteiger partial charge in [-0.2, -0.15) is 13.4 Å². The number of benzene rings is 1. The summed E-state index contributed by atoms with van der Waals surface area (Å²) < 4.78 is 28.2. The monoisotopic (exact) mass is 391 g/mol. The molecule has 1 amide bonds. The summed E-state index contributed by atoms with van der Waals surface area (Å²) in [6.07, 6.45) is 2.94. The van der Waals surface area contributed by atoms with Gasteiger partial charge in [-0.05, 0) is 37.6 Å². The summed E-state index contributed by atoms with van der Waals surface area (Å²) >= 11 is 0. The number of nitrogens with two attached hydrogens (primary N) is 1. The summed E-state index contributed by atoms with van der Waals surface area (Å²) in [4.78, 5) is 19.8. The highest BCUT2D eigenvalue weighted by molar-refractivity contribution is 7.87. The smallest absolute Gasteiger partial charge is 0.308 e. The molecule has 0 aliphatic carbocycles. The summed E-state index contributed by atoms with van der Waals surface area (Å²) in [7, 11) is -3.60. The maximum atomic E-state index is 11.6. The summed E-state index contributed by atoms with van der Waals surface area (Å²) in [6, 6.07) is 4.87. The van der Waals surface area contributed by atoms with Crippen LogP contribution >= 0.6 is 0 Å². The second kappa shape index (κ2) is 8.49. The molecule has 4 N–H and O–H groups in total. The number of aryl methyl sites for hydroxylation is 1. The molecule has 1 heterocycles. The maximum absolute atomic E-state index is 11.6. The number of nitrogens with one attached hydrogen (secondary N) is 2. The van der Waals surface area contributed by atoms with Crippen LogP contribution in [0.1, 0.15) is 22.8 Å². The van der Waals surface area contributed by atoms with Crippen molar-refractivity contribution < 1.29 is 17.4 Å². The zero-order chi connectivity index (χ0) is 20.0. The Hall–Kier alpha value is -3.14. The number of hydrogen-bond donors (Lipinski definition) is 3. The van der Waals surface area contributed by atoms with Crippen LogP contribution in [0.25, 0.3) is 0 Å². The van der Waals surface area contributed by atoms with Crippen molar-refractivity contribution in [2.24, 2.45) is 5.73 Å². The lowest BCUT2D eigenvalue weighted by atomic mass is 10.2. The summed E-state index contributed by atoms with van der Waals surface area (Å²) in [5, 5.41) is 5.91. The molecule has 0 aliphatic rings. The molecule has 2 rings (SSSR count). The number of hydrogen-bond acceptors (Lipinski definition) is 8. The van der Waals surface area contributed by atoms with Gasteiger partial charge >= 0.3 is 10.1 Å². The predicted octanol–water partition coefficient (Wildman–Crippen LogP) is 1.95. The first kappa shape index (κ1) is 20.2. The lowest BCUT2D eigenvalue weighted by Gasteiger charge is -2.12. The van der Waals surface area contributed by atoms with E-state index >= 15 is 0 Å². The minimum atomic E-state index is -3.60. The molecule has 2 aromatic rings. The summed E-state index contributed by atoms with van der Waals surface area (Å²) in [5.41, 5.74) is 6.72. The second-order valence-electron chi connectivity index (χ2n) is 5.52. The third-order valence-electron chi connectivity index (χ3n) is 3.47. The first-order valence-electron chi connectivity index (χ1n) is 8.07. The molecular formula is C17H21N5O4S. The van der Waals surface area contributed by atoms with E-state index in [-0.39, 0.29) is 28.8 Å². The SMILES string of the molecule is C=CCNc1nc(Nc2ccc(OS(=O)(=O)CC)c(C)c2)ncc1C(N)=O. The van der Waals surface area contributed by atoms with E-state index in [1.807, 2.05) is 0 Å². The van der Waals surface area contributed by atoms with Crippen LogP contribution in [-0.4, -0.2) is 36.6 Å². The number of carbonyl (C=O) groups is 1. The molecule has 0 radical (unpaired) electrons. The van der Waals surface area contributed by atoms with Crippen molar-refractivity contribution in [3.05, 3.63) is 48.2 Å². The molecular weight excluding hydrogens is 370 g/mol. The number of anilines is 3. The van der Waals surface area contributed by atoms with Crippen molar-refractivity contribution in [3.63, 3.8) is 0 Å². The van der Waals surface area contributed by atoms with Crippen LogP contribution in [0.5, 0.6) is 5.75 Å². The second-order valence-corrected chi connectivity index (χ2v) is 7.38. The highest BCUT2D eigenvalue weighted by Crippen LogP contribution is 2.25. The average Bonchev–Trinajstić information content (AvgIpc) is 2.62. The molecule has 0 saturated heterocycles. The van der Waals surface area contributed by atoms with Crippen LogP contribution in [-0.2, 0) is 10.1 Å². The Balaban J connectivity index is 2.25. The maximum Gasteiger partial charge on any atom is 0.308 e. The molecule has 0 saturated carbocycles. The van der Waals surface area contributed by atoms with E-state index in [9.17, 15) is 13.2 Å². The first-order valence-corrected chi connectivity index (χ1v) is 9.65. The standard InChI is InChI=1S/C17H21N5O4S/c1-4-8-19-16-13(15(18)23)10-20-17(22-16)21-12-6-7-14(11(3)9-12)26-27(24,25)5-2/h4,6-7,9-10H,1,5,8H2,2-3H3,(H2,18,23)(H2,19,20,21,22). The van der Waals surface area contributed by atoms with Gasteiger partial charge in [0.25, 0.3) is 5.91 Å². The Labute approximate surface area is 157 Å². The molecule has 0 aliphatic heterocycles. The molecule has 0 fully saturated rings. The topological polar surface area (TPSA) is 136 Å². The van der Waals surface area contributed by atoms with Gasteiger partial charge in [0, 0.05) is 18.4 Å². The Kier molecular flexibility index (Phi) is 6.35. The fourth-order valence-corrected chi connectivity index (χ4v) is 2.65. The zero-order valence-corrected chi connectivity index (χ0v) is 15.8. The van der Waals surface area contributed by atoms with E-state index < -0.39 is 16.0 Å². The van der Waals surface area contributed by atoms with Crippen molar-refractivity contribution in [1.29, 1.82) is 0 Å². The minimum absolute atomic E-state index is 0.118. The molecule has 9 nitrogen and oxygen atoms in total. The first-order chi connectivity index (χ1) is 12.8. The van der Waals surface area contributed by atoms with Gasteiger partial charge in [0.1, 0.15) is 11.6 Å². The van der Waals surface area contributed by atoms with Crippen molar-refractivity contribution >= 4 is 33.5 Å². The number of aromatic nitrogens is 2. The van der Waals surface area contributed by atoms with E-state index in [1.54, 1.807) is 31.2 Å². The lowest BCUT2D eigenvalue weighted by molar-refractivity contribution is 0.100. The van der Waals surface area contributed by atoms with Crippen LogP contribution < -0.4 is 20.6 Å². The highest BCUT2D eigenvalue weighted by Gasteiger charge is 2.14. The number of carbonyl (C=O) groups excluding carboxylic acids is 1. The van der Waals surface area contributed by atoms with Gasteiger partial charge < -0.3 is 20.6 Å². The van der Waals surface area contributed by atoms with Crippen molar-refractivity contribution in [2.45, 2.75) is 13.8 Å². The Bertz CT molecular complexity index is 960. The van der Waals surface area contributed by atoms with Crippen molar-refractivity contribution in [2.75, 3.05) is 22.9 Å². The zero-order valence-electron chi connectivity index (χ0n) is 15.0. The number of nitrogens with zero attached hydrogens (tertiary/aromatic N) is 2. The van der Waals surface area contributed by atoms with E-state index in [2.05, 4.69) is 27.2 Å². The highest BCUT2D eigenvalue weighted by atomic mass is 32.2. The van der Waals surface area contributed by atoms with Crippen LogP contribution in [0.2, 0.25) is 0 Å². The van der Waals surface area contributed by atoms with Gasteiger partial charge in [0.15, 0.2) is 0 Å². The largest absolute Gasteiger partial charge is 0.382 e. The van der Waals surface area contributed by atoms with Gasteiger partial charge in [-0.15, -0.1) is 6.58 Å². The third kappa shape index (κ3) is 5.42. The van der Waals surface area contributed by atoms with Crippen molar-refractivity contribution in [1.82, 2.24) is 9.97 Å². The molecule has 1 aromatic carbocycles. The molecule has 0 atom stereocenters. The van der Waals surface area contributed by atoms with Gasteiger partial charge in [0.05, 0.1) is 11.3 Å². The summed E-state index contributed by atoms with van der Waals surface area (Å²) in [5.74, 6) is 0.00206. The molecule has 0 spiro atoms. The normalized spacial score (nSPS) is 10.9. The molecule has 144 valence electrons. The van der Waals surface area contributed by atoms with Crippen LogP contribution in [0.3, 0.4) is 0 Å². The predicted molar refractivity (Wildman–Crippen MR) is 104 cm³/mol. The van der Waals surface area contributed by atoms with Gasteiger partial charge in [-0.25, -0.2) is 4.98 Å². The van der Waals surface area contributed by atoms with E-state index in [4.69, 9.17) is 9.92 Å². The molecule has 27 heavy (non-hydrogen) atoms. The van der Waals surface area contributed by atoms with Crippen molar-refractivity contribution in [3.8, 4) is 5.75 Å². The summed E-state index contributed by atoms with van der Waals surface area (Å²) in [6.45, 7) is 7.22. The Morgan fingerprint density at radius 3 is 2.74 bits per heavy atom. The number of rotatable bonds is 9. The minimum Gasteiger partial charge on any atom is -0.382 e. The van der Waals surface area contributed by atoms with Gasteiger partial charge in [0.2, 0.25) is 5.95 Å². The van der Waals surface area contributed by atoms with E-state index in [0.29, 0.717) is 17.8 Å². The third-order valence-corrected chi connectivity index (χ3v) is 4.61. The molecule has 0 bridgehead atoms.